The molecule has 1 amide bonds. The summed E-state index contributed by atoms with van der Waals surface area (Å²) in [5.74, 6) is 1.05. The Labute approximate surface area is 167 Å². The first-order chi connectivity index (χ1) is 13.5. The van der Waals surface area contributed by atoms with Crippen LogP contribution in [0.25, 0.3) is 11.5 Å². The molecule has 0 aliphatic rings. The summed E-state index contributed by atoms with van der Waals surface area (Å²) >= 11 is 0. The maximum atomic E-state index is 12.4. The Morgan fingerprint density at radius 1 is 1.07 bits per heavy atom. The molecule has 0 aliphatic carbocycles. The molecule has 0 fully saturated rings. The lowest BCUT2D eigenvalue weighted by Gasteiger charge is -2.05. The smallest absolute Gasteiger partial charge is 0.232 e. The van der Waals surface area contributed by atoms with Crippen LogP contribution in [-0.2, 0) is 34.3 Å². The average molecular weight is 397 g/mol. The minimum Gasteiger partial charge on any atom is -0.441 e. The number of hydrogen-bond donors (Lipinski definition) is 1. The van der Waals surface area contributed by atoms with Crippen molar-refractivity contribution in [3.8, 4) is 11.5 Å². The number of benzene rings is 2. The predicted molar refractivity (Wildman–Crippen MR) is 111 cm³/mol. The Morgan fingerprint density at radius 3 is 2.46 bits per heavy atom. The molecule has 3 rings (SSSR count). The number of aryl methyl sites for hydroxylation is 2. The Kier molecular flexibility index (Phi) is 6.76. The summed E-state index contributed by atoms with van der Waals surface area (Å²) in [6, 6.07) is 17.7. The summed E-state index contributed by atoms with van der Waals surface area (Å²) in [6.07, 6.45) is 0.974. The minimum atomic E-state index is -1.35. The molecule has 0 spiro atoms. The third-order valence-corrected chi connectivity index (χ3v) is 5.60. The zero-order valence-corrected chi connectivity index (χ0v) is 16.9. The van der Waals surface area contributed by atoms with Crippen LogP contribution in [0, 0.1) is 6.92 Å². The highest BCUT2D eigenvalue weighted by molar-refractivity contribution is 7.84. The zero-order chi connectivity index (χ0) is 19.9. The number of rotatable bonds is 8. The number of nitrogens with one attached hydrogen (secondary N) is 1. The van der Waals surface area contributed by atoms with Gasteiger partial charge in [0.15, 0.2) is 0 Å². The van der Waals surface area contributed by atoms with Crippen LogP contribution in [0.3, 0.4) is 0 Å². The summed E-state index contributed by atoms with van der Waals surface area (Å²) < 4.78 is 18.1. The second-order valence-corrected chi connectivity index (χ2v) is 8.02. The molecule has 6 heteroatoms. The lowest BCUT2D eigenvalue weighted by molar-refractivity contribution is -0.118. The van der Waals surface area contributed by atoms with Crippen LogP contribution in [0.15, 0.2) is 59.0 Å². The lowest BCUT2D eigenvalue weighted by Crippen LogP contribution is -2.28. The highest BCUT2D eigenvalue weighted by Gasteiger charge is 2.16. The number of nitrogens with zero attached hydrogens (tertiary/aromatic N) is 1. The van der Waals surface area contributed by atoms with Gasteiger partial charge in [-0.05, 0) is 36.6 Å². The maximum Gasteiger partial charge on any atom is 0.232 e. The van der Waals surface area contributed by atoms with E-state index in [4.69, 9.17) is 4.42 Å². The fourth-order valence-corrected chi connectivity index (χ4v) is 3.84. The SMILES string of the molecule is CCc1ccc(-c2nc(C[S@@](=O)CC(=O)NCc3ccccc3)c(C)o2)cc1. The normalized spacial score (nSPS) is 11.9. The standard InChI is InChI=1S/C22H24N2O3S/c1-3-17-9-11-19(12-10-17)22-24-20(16(2)27-22)14-28(26)15-21(25)23-13-18-7-5-4-6-8-18/h4-12H,3,13-15H2,1-2H3,(H,23,25)/t28-/m1/s1. The quantitative estimate of drug-likeness (QED) is 0.629. The molecule has 0 saturated carbocycles. The maximum absolute atomic E-state index is 12.4. The highest BCUT2D eigenvalue weighted by atomic mass is 32.2. The molecule has 0 unspecified atom stereocenters. The van der Waals surface area contributed by atoms with E-state index in [2.05, 4.69) is 17.2 Å². The minimum absolute atomic E-state index is 0.0559. The summed E-state index contributed by atoms with van der Waals surface area (Å²) in [5, 5.41) is 2.80. The predicted octanol–water partition coefficient (Wildman–Crippen LogP) is 3.78. The van der Waals surface area contributed by atoms with E-state index in [0.29, 0.717) is 23.9 Å². The van der Waals surface area contributed by atoms with Crippen LogP contribution >= 0.6 is 0 Å². The summed E-state index contributed by atoms with van der Waals surface area (Å²) in [4.78, 5) is 16.5. The topological polar surface area (TPSA) is 72.2 Å². The molecule has 0 bridgehead atoms. The van der Waals surface area contributed by atoms with Gasteiger partial charge in [-0.3, -0.25) is 9.00 Å². The van der Waals surface area contributed by atoms with Crippen molar-refractivity contribution in [2.45, 2.75) is 32.6 Å². The van der Waals surface area contributed by atoms with Crippen molar-refractivity contribution in [3.63, 3.8) is 0 Å². The van der Waals surface area contributed by atoms with Gasteiger partial charge < -0.3 is 9.73 Å². The molecule has 1 atom stereocenters. The van der Waals surface area contributed by atoms with E-state index in [-0.39, 0.29) is 17.4 Å². The fourth-order valence-electron chi connectivity index (χ4n) is 2.77. The van der Waals surface area contributed by atoms with E-state index in [0.717, 1.165) is 17.5 Å². The number of carbonyl (C=O) groups is 1. The van der Waals surface area contributed by atoms with Gasteiger partial charge in [0, 0.05) is 22.9 Å². The molecule has 146 valence electrons. The first-order valence-corrected chi connectivity index (χ1v) is 10.7. The van der Waals surface area contributed by atoms with Crippen LogP contribution in [0.1, 0.15) is 29.5 Å². The monoisotopic (exact) mass is 396 g/mol. The van der Waals surface area contributed by atoms with Crippen LogP contribution in [-0.4, -0.2) is 20.9 Å². The van der Waals surface area contributed by atoms with Gasteiger partial charge in [0.2, 0.25) is 11.8 Å². The number of hydrogen-bond acceptors (Lipinski definition) is 4. The fraction of sp³-hybridized carbons (Fsp3) is 0.273. The van der Waals surface area contributed by atoms with E-state index in [1.165, 1.54) is 5.56 Å². The van der Waals surface area contributed by atoms with Crippen molar-refractivity contribution >= 4 is 16.7 Å². The third-order valence-electron chi connectivity index (χ3n) is 4.42. The van der Waals surface area contributed by atoms with Gasteiger partial charge in [-0.1, -0.05) is 49.4 Å². The van der Waals surface area contributed by atoms with Gasteiger partial charge in [0.05, 0.1) is 11.4 Å². The second-order valence-electron chi connectivity index (χ2n) is 6.56. The average Bonchev–Trinajstić information content (AvgIpc) is 3.07. The Morgan fingerprint density at radius 2 is 1.79 bits per heavy atom. The van der Waals surface area contributed by atoms with E-state index >= 15 is 0 Å². The van der Waals surface area contributed by atoms with Crippen LogP contribution in [0.4, 0.5) is 0 Å². The van der Waals surface area contributed by atoms with Crippen LogP contribution in [0.2, 0.25) is 0 Å². The van der Waals surface area contributed by atoms with E-state index in [1.807, 2.05) is 54.6 Å². The van der Waals surface area contributed by atoms with E-state index in [1.54, 1.807) is 6.92 Å². The van der Waals surface area contributed by atoms with Gasteiger partial charge in [-0.2, -0.15) is 0 Å². The van der Waals surface area contributed by atoms with Gasteiger partial charge in [-0.25, -0.2) is 4.98 Å². The van der Waals surface area contributed by atoms with Crippen molar-refractivity contribution in [2.24, 2.45) is 0 Å². The summed E-state index contributed by atoms with van der Waals surface area (Å²) in [7, 11) is -1.35. The number of amides is 1. The largest absolute Gasteiger partial charge is 0.441 e. The Hall–Kier alpha value is -2.73. The molecule has 28 heavy (non-hydrogen) atoms. The molecule has 1 heterocycles. The van der Waals surface area contributed by atoms with Gasteiger partial charge >= 0.3 is 0 Å². The summed E-state index contributed by atoms with van der Waals surface area (Å²) in [5.41, 5.74) is 3.77. The van der Waals surface area contributed by atoms with Crippen molar-refractivity contribution < 1.29 is 13.4 Å². The molecule has 1 N–H and O–H groups in total. The number of carbonyl (C=O) groups excluding carboxylic acids is 1. The van der Waals surface area contributed by atoms with Gasteiger partial charge in [0.1, 0.15) is 11.5 Å². The Bertz CT molecular complexity index is 950. The molecule has 0 saturated heterocycles. The molecular formula is C22H24N2O3S. The lowest BCUT2D eigenvalue weighted by atomic mass is 10.1. The molecular weight excluding hydrogens is 372 g/mol. The third kappa shape index (κ3) is 5.39. The molecule has 0 radical (unpaired) electrons. The Balaban J connectivity index is 1.56. The number of oxazole rings is 1. The zero-order valence-electron chi connectivity index (χ0n) is 16.1. The number of aromatic nitrogens is 1. The summed E-state index contributed by atoms with van der Waals surface area (Å²) in [6.45, 7) is 4.34. The van der Waals surface area contributed by atoms with Crippen molar-refractivity contribution in [1.82, 2.24) is 10.3 Å². The van der Waals surface area contributed by atoms with Crippen molar-refractivity contribution in [3.05, 3.63) is 77.2 Å². The van der Waals surface area contributed by atoms with Crippen molar-refractivity contribution in [2.75, 3.05) is 5.75 Å². The molecule has 1 aromatic heterocycles. The van der Waals surface area contributed by atoms with Crippen LogP contribution in [0.5, 0.6) is 0 Å². The van der Waals surface area contributed by atoms with E-state index < -0.39 is 10.8 Å². The molecule has 5 nitrogen and oxygen atoms in total. The van der Waals surface area contributed by atoms with E-state index in [9.17, 15) is 9.00 Å². The highest BCUT2D eigenvalue weighted by Crippen LogP contribution is 2.23. The van der Waals surface area contributed by atoms with Gasteiger partial charge in [0.25, 0.3) is 0 Å². The second kappa shape index (κ2) is 9.46. The molecule has 3 aromatic rings. The van der Waals surface area contributed by atoms with Crippen LogP contribution < -0.4 is 5.32 Å². The molecule has 2 aromatic carbocycles. The first-order valence-electron chi connectivity index (χ1n) is 9.26. The first kappa shape index (κ1) is 20.0. The van der Waals surface area contributed by atoms with Crippen molar-refractivity contribution in [1.29, 1.82) is 0 Å². The molecule has 0 aliphatic heterocycles. The van der Waals surface area contributed by atoms with Gasteiger partial charge in [-0.15, -0.1) is 0 Å².